The molecule has 0 saturated heterocycles. The summed E-state index contributed by atoms with van der Waals surface area (Å²) in [6.45, 7) is -0.0803. The zero-order valence-electron chi connectivity index (χ0n) is 14.3. The smallest absolute Gasteiger partial charge is 0.288 e. The highest BCUT2D eigenvalue weighted by Gasteiger charge is 2.30. The Kier molecular flexibility index (Phi) is 4.43. The summed E-state index contributed by atoms with van der Waals surface area (Å²) in [6, 6.07) is 14.9. The second-order valence-electron chi connectivity index (χ2n) is 6.18. The average molecular weight is 402 g/mol. The number of rotatable bonds is 3. The van der Waals surface area contributed by atoms with Crippen LogP contribution >= 0.6 is 11.3 Å². The number of alkyl halides is 3. The zero-order valence-corrected chi connectivity index (χ0v) is 15.1. The SMILES string of the molecule is O=c1c2sccc2n(Cc2cccc(C(F)(F)F)c2)c(=O)n1-c1ccccc1. The molecule has 4 rings (SSSR count). The van der Waals surface area contributed by atoms with Gasteiger partial charge < -0.3 is 0 Å². The third-order valence-corrected chi connectivity index (χ3v) is 5.26. The van der Waals surface area contributed by atoms with Crippen LogP contribution in [0, 0.1) is 0 Å². The lowest BCUT2D eigenvalue weighted by atomic mass is 10.1. The van der Waals surface area contributed by atoms with Gasteiger partial charge in [0.25, 0.3) is 5.56 Å². The molecule has 8 heteroatoms. The average Bonchev–Trinajstić information content (AvgIpc) is 3.16. The van der Waals surface area contributed by atoms with Gasteiger partial charge >= 0.3 is 11.9 Å². The monoisotopic (exact) mass is 402 g/mol. The van der Waals surface area contributed by atoms with Gasteiger partial charge in [0.05, 0.1) is 23.3 Å². The first-order chi connectivity index (χ1) is 13.4. The number of hydrogen-bond acceptors (Lipinski definition) is 3. The van der Waals surface area contributed by atoms with Crippen molar-refractivity contribution in [3.8, 4) is 5.69 Å². The van der Waals surface area contributed by atoms with Crippen LogP contribution in [0.3, 0.4) is 0 Å². The van der Waals surface area contributed by atoms with Gasteiger partial charge in [0.1, 0.15) is 4.70 Å². The highest BCUT2D eigenvalue weighted by molar-refractivity contribution is 7.17. The summed E-state index contributed by atoms with van der Waals surface area (Å²) >= 11 is 1.19. The molecule has 0 atom stereocenters. The molecule has 2 aromatic heterocycles. The van der Waals surface area contributed by atoms with Crippen molar-refractivity contribution >= 4 is 21.6 Å². The quantitative estimate of drug-likeness (QED) is 0.513. The van der Waals surface area contributed by atoms with Crippen molar-refractivity contribution in [3.05, 3.63) is 98.0 Å². The van der Waals surface area contributed by atoms with Crippen molar-refractivity contribution in [2.24, 2.45) is 0 Å². The van der Waals surface area contributed by atoms with E-state index in [1.54, 1.807) is 41.8 Å². The van der Waals surface area contributed by atoms with E-state index in [0.29, 0.717) is 21.5 Å². The van der Waals surface area contributed by atoms with E-state index in [2.05, 4.69) is 0 Å². The number of para-hydroxylation sites is 1. The molecule has 2 aromatic carbocycles. The van der Waals surface area contributed by atoms with E-state index in [1.807, 2.05) is 0 Å². The maximum absolute atomic E-state index is 13.1. The molecule has 0 amide bonds. The fourth-order valence-electron chi connectivity index (χ4n) is 3.07. The molecular formula is C20H13F3N2O2S. The summed E-state index contributed by atoms with van der Waals surface area (Å²) in [7, 11) is 0. The van der Waals surface area contributed by atoms with Crippen LogP contribution in [0.4, 0.5) is 13.2 Å². The molecule has 0 unspecified atom stereocenters. The minimum atomic E-state index is -4.47. The Morgan fingerprint density at radius 1 is 0.929 bits per heavy atom. The van der Waals surface area contributed by atoms with E-state index in [9.17, 15) is 22.8 Å². The molecule has 0 spiro atoms. The maximum atomic E-state index is 13.1. The van der Waals surface area contributed by atoms with E-state index < -0.39 is 23.0 Å². The Morgan fingerprint density at radius 2 is 1.68 bits per heavy atom. The highest BCUT2D eigenvalue weighted by atomic mass is 32.1. The van der Waals surface area contributed by atoms with Crippen LogP contribution in [-0.2, 0) is 12.7 Å². The van der Waals surface area contributed by atoms with Crippen molar-refractivity contribution in [2.75, 3.05) is 0 Å². The van der Waals surface area contributed by atoms with Crippen molar-refractivity contribution < 1.29 is 13.2 Å². The predicted molar refractivity (Wildman–Crippen MR) is 102 cm³/mol. The van der Waals surface area contributed by atoms with Gasteiger partial charge in [0, 0.05) is 0 Å². The molecule has 28 heavy (non-hydrogen) atoms. The molecule has 4 aromatic rings. The molecule has 0 aliphatic rings. The molecule has 0 bridgehead atoms. The normalized spacial score (nSPS) is 11.8. The third-order valence-electron chi connectivity index (χ3n) is 4.36. The molecule has 0 aliphatic carbocycles. The molecule has 0 fully saturated rings. The molecule has 4 nitrogen and oxygen atoms in total. The van der Waals surface area contributed by atoms with Crippen LogP contribution in [0.5, 0.6) is 0 Å². The van der Waals surface area contributed by atoms with Crippen LogP contribution in [0.15, 0.2) is 75.6 Å². The number of aromatic nitrogens is 2. The van der Waals surface area contributed by atoms with Crippen molar-refractivity contribution in [1.82, 2.24) is 9.13 Å². The highest BCUT2D eigenvalue weighted by Crippen LogP contribution is 2.29. The van der Waals surface area contributed by atoms with Gasteiger partial charge in [-0.3, -0.25) is 9.36 Å². The minimum Gasteiger partial charge on any atom is -0.288 e. The van der Waals surface area contributed by atoms with Crippen LogP contribution in [0.25, 0.3) is 15.9 Å². The second-order valence-corrected chi connectivity index (χ2v) is 7.09. The van der Waals surface area contributed by atoms with Crippen LogP contribution in [-0.4, -0.2) is 9.13 Å². The van der Waals surface area contributed by atoms with Gasteiger partial charge in [-0.2, -0.15) is 13.2 Å². The van der Waals surface area contributed by atoms with E-state index >= 15 is 0 Å². The van der Waals surface area contributed by atoms with Crippen molar-refractivity contribution in [2.45, 2.75) is 12.7 Å². The molecule has 2 heterocycles. The molecule has 0 saturated carbocycles. The van der Waals surface area contributed by atoms with Crippen LogP contribution in [0.1, 0.15) is 11.1 Å². The van der Waals surface area contributed by atoms with Gasteiger partial charge in [-0.1, -0.05) is 30.3 Å². The fraction of sp³-hybridized carbons (Fsp3) is 0.100. The molecule has 0 N–H and O–H groups in total. The standard InChI is InChI=1S/C20H13F3N2O2S/c21-20(22,23)14-6-4-5-13(11-14)12-24-16-9-10-28-17(16)18(26)25(19(24)27)15-7-2-1-3-8-15/h1-11H,12H2. The van der Waals surface area contributed by atoms with Crippen LogP contribution < -0.4 is 11.2 Å². The molecule has 142 valence electrons. The number of thiophene rings is 1. The first-order valence-electron chi connectivity index (χ1n) is 8.31. The van der Waals surface area contributed by atoms with Crippen molar-refractivity contribution in [1.29, 1.82) is 0 Å². The zero-order chi connectivity index (χ0) is 19.9. The first kappa shape index (κ1) is 18.2. The summed E-state index contributed by atoms with van der Waals surface area (Å²) in [5.74, 6) is 0. The third kappa shape index (κ3) is 3.16. The first-order valence-corrected chi connectivity index (χ1v) is 9.19. The Labute approximate surface area is 160 Å². The Morgan fingerprint density at radius 3 is 2.39 bits per heavy atom. The van der Waals surface area contributed by atoms with Gasteiger partial charge in [0.2, 0.25) is 0 Å². The van der Waals surface area contributed by atoms with Crippen LogP contribution in [0.2, 0.25) is 0 Å². The van der Waals surface area contributed by atoms with Gasteiger partial charge in [0.15, 0.2) is 0 Å². The summed E-state index contributed by atoms with van der Waals surface area (Å²) < 4.78 is 41.8. The summed E-state index contributed by atoms with van der Waals surface area (Å²) in [4.78, 5) is 25.9. The summed E-state index contributed by atoms with van der Waals surface area (Å²) in [5.41, 5.74) is -0.685. The van der Waals surface area contributed by atoms with E-state index in [1.165, 1.54) is 28.0 Å². The Balaban J connectivity index is 1.92. The number of nitrogens with zero attached hydrogens (tertiary/aromatic N) is 2. The second kappa shape index (κ2) is 6.79. The van der Waals surface area contributed by atoms with Gasteiger partial charge in [-0.25, -0.2) is 9.36 Å². The summed E-state index contributed by atoms with van der Waals surface area (Å²) in [6.07, 6.45) is -4.47. The number of hydrogen-bond donors (Lipinski definition) is 0. The summed E-state index contributed by atoms with van der Waals surface area (Å²) in [5, 5.41) is 1.68. The number of halogens is 3. The van der Waals surface area contributed by atoms with Gasteiger partial charge in [-0.05, 0) is 41.3 Å². The largest absolute Gasteiger partial charge is 0.416 e. The lowest BCUT2D eigenvalue weighted by Crippen LogP contribution is -2.38. The Hall–Kier alpha value is -3.13. The van der Waals surface area contributed by atoms with E-state index in [4.69, 9.17) is 0 Å². The maximum Gasteiger partial charge on any atom is 0.416 e. The van der Waals surface area contributed by atoms with Crippen molar-refractivity contribution in [3.63, 3.8) is 0 Å². The predicted octanol–water partition coefficient (Wildman–Crippen LogP) is 4.28. The molecule has 0 aliphatic heterocycles. The Bertz CT molecular complexity index is 1270. The fourth-order valence-corrected chi connectivity index (χ4v) is 3.90. The number of benzene rings is 2. The number of fused-ring (bicyclic) bond motifs is 1. The van der Waals surface area contributed by atoms with E-state index in [0.717, 1.165) is 16.7 Å². The molecule has 0 radical (unpaired) electrons. The lowest BCUT2D eigenvalue weighted by molar-refractivity contribution is -0.137. The minimum absolute atomic E-state index is 0.0803. The topological polar surface area (TPSA) is 44.0 Å². The van der Waals surface area contributed by atoms with E-state index in [-0.39, 0.29) is 6.54 Å². The van der Waals surface area contributed by atoms with Gasteiger partial charge in [-0.15, -0.1) is 11.3 Å². The lowest BCUT2D eigenvalue weighted by Gasteiger charge is -2.13. The molecular weight excluding hydrogens is 389 g/mol.